The van der Waals surface area contributed by atoms with E-state index in [1.807, 2.05) is 35.0 Å². The third kappa shape index (κ3) is 5.68. The molecule has 2 N–H and O–H groups in total. The summed E-state index contributed by atoms with van der Waals surface area (Å²) in [6.45, 7) is 3.22. The van der Waals surface area contributed by atoms with E-state index in [9.17, 15) is 9.90 Å². The Hall–Kier alpha value is -3.47. The van der Waals surface area contributed by atoms with E-state index in [1.54, 1.807) is 7.11 Å². The highest BCUT2D eigenvalue weighted by Gasteiger charge is 2.36. The Bertz CT molecular complexity index is 1710. The van der Waals surface area contributed by atoms with Crippen molar-refractivity contribution in [2.75, 3.05) is 27.3 Å². The van der Waals surface area contributed by atoms with Crippen LogP contribution in [0.25, 0.3) is 21.5 Å². The van der Waals surface area contributed by atoms with Gasteiger partial charge in [-0.1, -0.05) is 66.7 Å². The van der Waals surface area contributed by atoms with Crippen LogP contribution in [0.4, 0.5) is 0 Å². The Morgan fingerprint density at radius 3 is 2.49 bits per heavy atom. The Balaban J connectivity index is 0.00000337. The van der Waals surface area contributed by atoms with Crippen molar-refractivity contribution < 1.29 is 43.1 Å². The summed E-state index contributed by atoms with van der Waals surface area (Å²) in [6.07, 6.45) is 0.795. The lowest BCUT2D eigenvalue weighted by molar-refractivity contribution is -0.937. The van der Waals surface area contributed by atoms with E-state index < -0.39 is 0 Å². The normalized spacial score (nSPS) is 16.3. The van der Waals surface area contributed by atoms with Crippen LogP contribution in [-0.4, -0.2) is 52.6 Å². The first-order chi connectivity index (χ1) is 19.5. The molecule has 5 aromatic rings. The van der Waals surface area contributed by atoms with E-state index >= 15 is 0 Å². The standard InChI is InChI=1S/C33H34N4O3.HI/c1-37(21-25-14-15-31(40-2)28-13-6-5-12-27(25)28)18-16-30-29(22-37)32(35-36(30)17-19-38)33(39)34-20-24-10-7-9-23-8-3-4-11-26(23)24;/h3-15,38H,16-22H2,1-2H3;1H. The molecule has 0 bridgehead atoms. The summed E-state index contributed by atoms with van der Waals surface area (Å²) < 4.78 is 8.20. The van der Waals surface area contributed by atoms with Crippen LogP contribution in [0.5, 0.6) is 5.75 Å². The van der Waals surface area contributed by atoms with E-state index in [4.69, 9.17) is 9.84 Å². The van der Waals surface area contributed by atoms with Gasteiger partial charge in [0.15, 0.2) is 5.69 Å². The molecular formula is C33H35IN4O3. The quantitative estimate of drug-likeness (QED) is 0.197. The first kappa shape index (κ1) is 29.0. The van der Waals surface area contributed by atoms with Crippen LogP contribution >= 0.6 is 0 Å². The number of carbonyl (C=O) groups is 1. The van der Waals surface area contributed by atoms with Crippen LogP contribution < -0.4 is 34.0 Å². The van der Waals surface area contributed by atoms with Gasteiger partial charge in [0.2, 0.25) is 0 Å². The fourth-order valence-electron chi connectivity index (χ4n) is 6.18. The number of fused-ring (bicyclic) bond motifs is 3. The zero-order chi connectivity index (χ0) is 27.7. The molecule has 6 rings (SSSR count). The molecular weight excluding hydrogens is 627 g/mol. The lowest BCUT2D eigenvalue weighted by atomic mass is 9.98. The van der Waals surface area contributed by atoms with Crippen molar-refractivity contribution in [3.8, 4) is 5.75 Å². The van der Waals surface area contributed by atoms with Gasteiger partial charge < -0.3 is 43.6 Å². The molecule has 1 aliphatic heterocycles. The van der Waals surface area contributed by atoms with Crippen molar-refractivity contribution in [2.45, 2.75) is 32.6 Å². The SMILES string of the molecule is COc1ccc(C[N+]2(C)CCc3c(c(C(=O)NCc4cccc5ccccc45)nn3CCO)C2)c2ccccc12.[I-]. The van der Waals surface area contributed by atoms with Gasteiger partial charge in [0.25, 0.3) is 5.91 Å². The molecule has 212 valence electrons. The number of aliphatic hydroxyl groups is 1. The number of ether oxygens (including phenoxy) is 1. The molecule has 0 fully saturated rings. The van der Waals surface area contributed by atoms with Gasteiger partial charge in [-0.05, 0) is 33.9 Å². The lowest BCUT2D eigenvalue weighted by Gasteiger charge is -2.38. The van der Waals surface area contributed by atoms with Gasteiger partial charge in [0, 0.05) is 23.9 Å². The first-order valence-electron chi connectivity index (χ1n) is 13.8. The number of quaternary nitrogens is 1. The highest BCUT2D eigenvalue weighted by atomic mass is 127. The molecule has 1 unspecified atom stereocenters. The molecule has 1 aromatic heterocycles. The number of hydrogen-bond donors (Lipinski definition) is 2. The number of rotatable bonds is 8. The van der Waals surface area contributed by atoms with Gasteiger partial charge in [-0.3, -0.25) is 9.48 Å². The topological polar surface area (TPSA) is 76.4 Å². The highest BCUT2D eigenvalue weighted by molar-refractivity contribution is 5.94. The predicted molar refractivity (Wildman–Crippen MR) is 157 cm³/mol. The molecule has 1 atom stereocenters. The second kappa shape index (κ2) is 12.2. The van der Waals surface area contributed by atoms with Crippen molar-refractivity contribution in [3.63, 3.8) is 0 Å². The molecule has 2 heterocycles. The molecule has 41 heavy (non-hydrogen) atoms. The highest BCUT2D eigenvalue weighted by Crippen LogP contribution is 2.33. The smallest absolute Gasteiger partial charge is 0.272 e. The molecule has 0 saturated heterocycles. The van der Waals surface area contributed by atoms with Gasteiger partial charge in [0.05, 0.1) is 45.1 Å². The van der Waals surface area contributed by atoms with Crippen molar-refractivity contribution in [1.29, 1.82) is 0 Å². The number of carbonyl (C=O) groups excluding carboxylic acids is 1. The number of likely N-dealkylation sites (N-methyl/N-ethyl adjacent to an activating group) is 1. The number of methoxy groups -OCH3 is 1. The lowest BCUT2D eigenvalue weighted by Crippen LogP contribution is -3.00. The van der Waals surface area contributed by atoms with Crippen LogP contribution in [0.3, 0.4) is 0 Å². The average molecular weight is 663 g/mol. The average Bonchev–Trinajstić information content (AvgIpc) is 3.33. The van der Waals surface area contributed by atoms with E-state index in [2.05, 4.69) is 60.9 Å². The fraction of sp³-hybridized carbons (Fsp3) is 0.273. The van der Waals surface area contributed by atoms with E-state index in [1.165, 1.54) is 10.9 Å². The molecule has 4 aromatic carbocycles. The number of benzene rings is 4. The van der Waals surface area contributed by atoms with Gasteiger partial charge in [-0.2, -0.15) is 5.10 Å². The van der Waals surface area contributed by atoms with E-state index in [0.29, 0.717) is 25.3 Å². The summed E-state index contributed by atoms with van der Waals surface area (Å²) in [6, 6.07) is 26.9. The van der Waals surface area contributed by atoms with Crippen LogP contribution in [0.2, 0.25) is 0 Å². The molecule has 0 saturated carbocycles. The van der Waals surface area contributed by atoms with E-state index in [0.717, 1.165) is 62.7 Å². The van der Waals surface area contributed by atoms with Crippen LogP contribution in [0.15, 0.2) is 78.9 Å². The van der Waals surface area contributed by atoms with Crippen molar-refractivity contribution in [2.24, 2.45) is 0 Å². The number of nitrogens with zero attached hydrogens (tertiary/aromatic N) is 3. The number of nitrogens with one attached hydrogen (secondary N) is 1. The monoisotopic (exact) mass is 662 g/mol. The fourth-order valence-corrected chi connectivity index (χ4v) is 6.18. The Labute approximate surface area is 257 Å². The van der Waals surface area contributed by atoms with Crippen LogP contribution in [-0.2, 0) is 32.6 Å². The molecule has 1 amide bonds. The van der Waals surface area contributed by atoms with Gasteiger partial charge in [-0.25, -0.2) is 0 Å². The predicted octanol–water partition coefficient (Wildman–Crippen LogP) is 1.83. The maximum atomic E-state index is 13.6. The second-order valence-corrected chi connectivity index (χ2v) is 10.9. The minimum absolute atomic E-state index is 0. The Morgan fingerprint density at radius 2 is 1.71 bits per heavy atom. The maximum absolute atomic E-state index is 13.6. The summed E-state index contributed by atoms with van der Waals surface area (Å²) >= 11 is 0. The van der Waals surface area contributed by atoms with Gasteiger partial charge in [0.1, 0.15) is 18.8 Å². The van der Waals surface area contributed by atoms with Crippen LogP contribution in [0.1, 0.15) is 32.9 Å². The minimum atomic E-state index is -0.177. The van der Waals surface area contributed by atoms with Crippen molar-refractivity contribution in [3.05, 3.63) is 107 Å². The van der Waals surface area contributed by atoms with Crippen molar-refractivity contribution in [1.82, 2.24) is 15.1 Å². The molecule has 0 spiro atoms. The summed E-state index contributed by atoms with van der Waals surface area (Å²) in [7, 11) is 3.96. The minimum Gasteiger partial charge on any atom is -1.00 e. The third-order valence-electron chi connectivity index (χ3n) is 8.19. The maximum Gasteiger partial charge on any atom is 0.272 e. The molecule has 0 aliphatic carbocycles. The largest absolute Gasteiger partial charge is 1.00 e. The first-order valence-corrected chi connectivity index (χ1v) is 13.8. The molecule has 0 radical (unpaired) electrons. The van der Waals surface area contributed by atoms with E-state index in [-0.39, 0.29) is 36.5 Å². The van der Waals surface area contributed by atoms with Crippen LogP contribution in [0, 0.1) is 0 Å². The Morgan fingerprint density at radius 1 is 0.976 bits per heavy atom. The zero-order valence-electron chi connectivity index (χ0n) is 23.4. The number of halogens is 1. The number of hydrogen-bond acceptors (Lipinski definition) is 4. The summed E-state index contributed by atoms with van der Waals surface area (Å²) in [5.74, 6) is 0.697. The summed E-state index contributed by atoms with van der Waals surface area (Å²) in [5.41, 5.74) is 4.83. The van der Waals surface area contributed by atoms with Gasteiger partial charge >= 0.3 is 0 Å². The van der Waals surface area contributed by atoms with Crippen molar-refractivity contribution >= 4 is 27.5 Å². The molecule has 1 aliphatic rings. The zero-order valence-corrected chi connectivity index (χ0v) is 25.6. The summed E-state index contributed by atoms with van der Waals surface area (Å²) in [4.78, 5) is 13.6. The Kier molecular flexibility index (Phi) is 8.63. The summed E-state index contributed by atoms with van der Waals surface area (Å²) in [5, 5.41) is 22.1. The number of aromatic nitrogens is 2. The van der Waals surface area contributed by atoms with Gasteiger partial charge in [-0.15, -0.1) is 0 Å². The second-order valence-electron chi connectivity index (χ2n) is 10.9. The molecule has 8 heteroatoms. The third-order valence-corrected chi connectivity index (χ3v) is 8.19. The number of amides is 1. The molecule has 7 nitrogen and oxygen atoms in total. The number of aliphatic hydroxyl groups excluding tert-OH is 1.